The maximum Gasteiger partial charge on any atom is 0.233 e. The molecule has 1 N–H and O–H groups in total. The molecule has 0 fully saturated rings. The van der Waals surface area contributed by atoms with Crippen molar-refractivity contribution >= 4 is 17.7 Å². The summed E-state index contributed by atoms with van der Waals surface area (Å²) in [5.74, 6) is 0.129. The molecule has 0 spiro atoms. The molecule has 0 saturated heterocycles. The minimum absolute atomic E-state index is 0.0328. The van der Waals surface area contributed by atoms with Crippen molar-refractivity contribution in [3.8, 4) is 0 Å². The Morgan fingerprint density at radius 2 is 2.00 bits per heavy atom. The molecular formula is C14H21NOS. The normalized spacial score (nSPS) is 12.2. The lowest BCUT2D eigenvalue weighted by Crippen LogP contribution is -2.31. The first-order valence-electron chi connectivity index (χ1n) is 6.14. The Bertz CT molecular complexity index is 348. The summed E-state index contributed by atoms with van der Waals surface area (Å²) in [7, 11) is 0. The molecule has 0 saturated carbocycles. The topological polar surface area (TPSA) is 29.1 Å². The summed E-state index contributed by atoms with van der Waals surface area (Å²) in [5.41, 5.74) is 1.24. The molecule has 0 aliphatic carbocycles. The third-order valence-corrected chi connectivity index (χ3v) is 3.64. The van der Waals surface area contributed by atoms with E-state index in [4.69, 9.17) is 0 Å². The lowest BCUT2D eigenvalue weighted by Gasteiger charge is -2.11. The monoisotopic (exact) mass is 251 g/mol. The standard InChI is InChI=1S/C14H21NOS/c1-4-5-10-15-14(16)12(3)17-13-8-6-11(2)7-9-13/h6-9,12H,4-5,10H2,1-3H3,(H,15,16)/t12-/m0/s1. The van der Waals surface area contributed by atoms with Crippen molar-refractivity contribution in [3.63, 3.8) is 0 Å². The van der Waals surface area contributed by atoms with Crippen molar-refractivity contribution in [3.05, 3.63) is 29.8 Å². The summed E-state index contributed by atoms with van der Waals surface area (Å²) in [4.78, 5) is 12.9. The Hall–Kier alpha value is -0.960. The quantitative estimate of drug-likeness (QED) is 0.620. The highest BCUT2D eigenvalue weighted by Crippen LogP contribution is 2.23. The summed E-state index contributed by atoms with van der Waals surface area (Å²) in [6.45, 7) is 6.92. The highest BCUT2D eigenvalue weighted by molar-refractivity contribution is 8.00. The van der Waals surface area contributed by atoms with Gasteiger partial charge in [0.2, 0.25) is 5.91 Å². The molecule has 0 bridgehead atoms. The minimum Gasteiger partial charge on any atom is -0.355 e. The van der Waals surface area contributed by atoms with Gasteiger partial charge in [-0.3, -0.25) is 4.79 Å². The molecule has 0 radical (unpaired) electrons. The zero-order valence-electron chi connectivity index (χ0n) is 10.8. The van der Waals surface area contributed by atoms with Gasteiger partial charge in [0.25, 0.3) is 0 Å². The van der Waals surface area contributed by atoms with E-state index in [0.29, 0.717) is 0 Å². The molecule has 17 heavy (non-hydrogen) atoms. The van der Waals surface area contributed by atoms with Crippen LogP contribution in [0.15, 0.2) is 29.2 Å². The minimum atomic E-state index is -0.0328. The summed E-state index contributed by atoms with van der Waals surface area (Å²) in [5, 5.41) is 2.92. The van der Waals surface area contributed by atoms with Crippen LogP contribution < -0.4 is 5.32 Å². The molecule has 0 aliphatic heterocycles. The average Bonchev–Trinajstić information content (AvgIpc) is 2.32. The molecule has 1 aromatic rings. The Morgan fingerprint density at radius 1 is 1.35 bits per heavy atom. The summed E-state index contributed by atoms with van der Waals surface area (Å²) >= 11 is 1.61. The first kappa shape index (κ1) is 14.1. The molecule has 2 nitrogen and oxygen atoms in total. The van der Waals surface area contributed by atoms with Crippen molar-refractivity contribution in [2.75, 3.05) is 6.54 Å². The Morgan fingerprint density at radius 3 is 2.59 bits per heavy atom. The van der Waals surface area contributed by atoms with E-state index in [1.807, 2.05) is 6.92 Å². The smallest absolute Gasteiger partial charge is 0.233 e. The summed E-state index contributed by atoms with van der Waals surface area (Å²) in [6.07, 6.45) is 2.16. The SMILES string of the molecule is CCCCNC(=O)[C@H](C)Sc1ccc(C)cc1. The number of hydrogen-bond donors (Lipinski definition) is 1. The van der Waals surface area contributed by atoms with Gasteiger partial charge in [-0.1, -0.05) is 31.0 Å². The molecule has 1 atom stereocenters. The molecule has 1 amide bonds. The van der Waals surface area contributed by atoms with Gasteiger partial charge in [0.1, 0.15) is 0 Å². The molecule has 3 heteroatoms. The van der Waals surface area contributed by atoms with Crippen molar-refractivity contribution in [2.24, 2.45) is 0 Å². The van der Waals surface area contributed by atoms with Crippen molar-refractivity contribution in [1.29, 1.82) is 0 Å². The first-order valence-corrected chi connectivity index (χ1v) is 7.02. The third-order valence-electron chi connectivity index (χ3n) is 2.53. The van der Waals surface area contributed by atoms with E-state index in [9.17, 15) is 4.79 Å². The molecule has 0 unspecified atom stereocenters. The predicted molar refractivity (Wildman–Crippen MR) is 74.4 cm³/mol. The Labute approximate surface area is 108 Å². The number of carbonyl (C=O) groups is 1. The number of rotatable bonds is 6. The van der Waals surface area contributed by atoms with E-state index in [-0.39, 0.29) is 11.2 Å². The van der Waals surface area contributed by atoms with Gasteiger partial charge in [0, 0.05) is 11.4 Å². The number of amides is 1. The highest BCUT2D eigenvalue weighted by atomic mass is 32.2. The van der Waals surface area contributed by atoms with Gasteiger partial charge in [-0.25, -0.2) is 0 Å². The average molecular weight is 251 g/mol. The van der Waals surface area contributed by atoms with Crippen LogP contribution >= 0.6 is 11.8 Å². The van der Waals surface area contributed by atoms with E-state index < -0.39 is 0 Å². The molecule has 94 valence electrons. The van der Waals surface area contributed by atoms with E-state index >= 15 is 0 Å². The molecule has 1 aromatic carbocycles. The Balaban J connectivity index is 2.40. The number of thioether (sulfide) groups is 1. The van der Waals surface area contributed by atoms with Crippen LogP contribution in [0.2, 0.25) is 0 Å². The van der Waals surface area contributed by atoms with E-state index in [1.165, 1.54) is 5.56 Å². The maximum absolute atomic E-state index is 11.8. The van der Waals surface area contributed by atoms with Crippen molar-refractivity contribution in [2.45, 2.75) is 43.8 Å². The fourth-order valence-electron chi connectivity index (χ4n) is 1.41. The van der Waals surface area contributed by atoms with Crippen molar-refractivity contribution < 1.29 is 4.79 Å². The van der Waals surface area contributed by atoms with Crippen molar-refractivity contribution in [1.82, 2.24) is 5.32 Å². The number of unbranched alkanes of at least 4 members (excludes halogenated alkanes) is 1. The predicted octanol–water partition coefficient (Wildman–Crippen LogP) is 3.39. The van der Waals surface area contributed by atoms with Crippen LogP contribution in [0, 0.1) is 6.92 Å². The molecular weight excluding hydrogens is 230 g/mol. The second kappa shape index (κ2) is 7.38. The van der Waals surface area contributed by atoms with Gasteiger partial charge < -0.3 is 5.32 Å². The number of carbonyl (C=O) groups excluding carboxylic acids is 1. The first-order chi connectivity index (χ1) is 8.13. The van der Waals surface area contributed by atoms with Gasteiger partial charge in [0.05, 0.1) is 5.25 Å². The lowest BCUT2D eigenvalue weighted by molar-refractivity contribution is -0.120. The lowest BCUT2D eigenvalue weighted by atomic mass is 10.2. The zero-order valence-corrected chi connectivity index (χ0v) is 11.6. The van der Waals surface area contributed by atoms with E-state index in [1.54, 1.807) is 11.8 Å². The summed E-state index contributed by atoms with van der Waals surface area (Å²) < 4.78 is 0. The number of hydrogen-bond acceptors (Lipinski definition) is 2. The van der Waals surface area contributed by atoms with Crippen LogP contribution in [-0.2, 0) is 4.79 Å². The van der Waals surface area contributed by atoms with Crippen LogP contribution in [-0.4, -0.2) is 17.7 Å². The largest absolute Gasteiger partial charge is 0.355 e. The van der Waals surface area contributed by atoms with Crippen LogP contribution in [0.3, 0.4) is 0 Å². The van der Waals surface area contributed by atoms with Crippen LogP contribution in [0.25, 0.3) is 0 Å². The van der Waals surface area contributed by atoms with Crippen LogP contribution in [0.5, 0.6) is 0 Å². The van der Waals surface area contributed by atoms with Gasteiger partial charge in [-0.2, -0.15) is 0 Å². The molecule has 0 aromatic heterocycles. The third kappa shape index (κ3) is 5.26. The van der Waals surface area contributed by atoms with Gasteiger partial charge >= 0.3 is 0 Å². The number of benzene rings is 1. The second-order valence-corrected chi connectivity index (χ2v) is 5.63. The zero-order chi connectivity index (χ0) is 12.7. The highest BCUT2D eigenvalue weighted by Gasteiger charge is 2.13. The van der Waals surface area contributed by atoms with Gasteiger partial charge in [-0.15, -0.1) is 11.8 Å². The molecule has 0 aliphatic rings. The fraction of sp³-hybridized carbons (Fsp3) is 0.500. The van der Waals surface area contributed by atoms with Crippen LogP contribution in [0.1, 0.15) is 32.3 Å². The van der Waals surface area contributed by atoms with E-state index in [2.05, 4.69) is 43.4 Å². The fourth-order valence-corrected chi connectivity index (χ4v) is 2.30. The van der Waals surface area contributed by atoms with Gasteiger partial charge in [-0.05, 0) is 32.4 Å². The Kier molecular flexibility index (Phi) is 6.12. The number of nitrogens with one attached hydrogen (secondary N) is 1. The molecule has 0 heterocycles. The van der Waals surface area contributed by atoms with Crippen LogP contribution in [0.4, 0.5) is 0 Å². The summed E-state index contributed by atoms with van der Waals surface area (Å²) in [6, 6.07) is 8.28. The van der Waals surface area contributed by atoms with E-state index in [0.717, 1.165) is 24.3 Å². The molecule has 1 rings (SSSR count). The van der Waals surface area contributed by atoms with Gasteiger partial charge in [0.15, 0.2) is 0 Å². The second-order valence-electron chi connectivity index (χ2n) is 4.22. The number of aryl methyl sites for hydroxylation is 1. The maximum atomic E-state index is 11.8.